The second-order valence-electron chi connectivity index (χ2n) is 4.48. The molecule has 0 spiro atoms. The molecule has 0 saturated carbocycles. The minimum absolute atomic E-state index is 0.0339. The number of amides is 1. The van der Waals surface area contributed by atoms with Crippen molar-refractivity contribution in [2.45, 2.75) is 13.0 Å². The molecule has 1 amide bonds. The standard InChI is InChI=1S/C13H16N2O3/c14-6-10-4-2-1-3-9(10)5-12(16)15-7-11(8-15)13(17)18/h1-4,11H,5-8,14H2,(H,17,18). The zero-order valence-electron chi connectivity index (χ0n) is 10.0. The smallest absolute Gasteiger partial charge is 0.310 e. The van der Waals surface area contributed by atoms with Gasteiger partial charge in [0, 0.05) is 19.6 Å². The summed E-state index contributed by atoms with van der Waals surface area (Å²) in [5, 5.41) is 8.75. The highest BCUT2D eigenvalue weighted by atomic mass is 16.4. The van der Waals surface area contributed by atoms with E-state index in [0.29, 0.717) is 26.1 Å². The van der Waals surface area contributed by atoms with E-state index < -0.39 is 11.9 Å². The summed E-state index contributed by atoms with van der Waals surface area (Å²) in [7, 11) is 0. The van der Waals surface area contributed by atoms with E-state index in [2.05, 4.69) is 0 Å². The molecular weight excluding hydrogens is 232 g/mol. The zero-order chi connectivity index (χ0) is 13.1. The Morgan fingerprint density at radius 2 is 1.89 bits per heavy atom. The first kappa shape index (κ1) is 12.6. The molecule has 2 rings (SSSR count). The number of aliphatic carboxylic acids is 1. The van der Waals surface area contributed by atoms with Crippen LogP contribution >= 0.6 is 0 Å². The first-order valence-electron chi connectivity index (χ1n) is 5.89. The van der Waals surface area contributed by atoms with Crippen LogP contribution in [-0.4, -0.2) is 35.0 Å². The van der Waals surface area contributed by atoms with Gasteiger partial charge >= 0.3 is 5.97 Å². The molecular formula is C13H16N2O3. The van der Waals surface area contributed by atoms with Crippen molar-refractivity contribution in [2.24, 2.45) is 11.7 Å². The predicted molar refractivity (Wildman–Crippen MR) is 65.7 cm³/mol. The molecule has 0 bridgehead atoms. The highest BCUT2D eigenvalue weighted by Crippen LogP contribution is 2.18. The lowest BCUT2D eigenvalue weighted by molar-refractivity contribution is -0.152. The Bertz CT molecular complexity index is 467. The summed E-state index contributed by atoms with van der Waals surface area (Å²) in [5.74, 6) is -1.27. The number of carbonyl (C=O) groups excluding carboxylic acids is 1. The molecule has 1 aliphatic rings. The van der Waals surface area contributed by atoms with Crippen LogP contribution in [0, 0.1) is 5.92 Å². The van der Waals surface area contributed by atoms with Crippen LogP contribution in [0.5, 0.6) is 0 Å². The number of carboxylic acids is 1. The molecule has 0 atom stereocenters. The molecule has 1 saturated heterocycles. The number of benzene rings is 1. The fourth-order valence-electron chi connectivity index (χ4n) is 2.04. The van der Waals surface area contributed by atoms with E-state index in [1.54, 1.807) is 4.90 Å². The summed E-state index contributed by atoms with van der Waals surface area (Å²) in [6, 6.07) is 7.55. The van der Waals surface area contributed by atoms with Crippen molar-refractivity contribution in [1.82, 2.24) is 4.90 Å². The molecule has 1 aliphatic heterocycles. The van der Waals surface area contributed by atoms with Crippen molar-refractivity contribution in [3.8, 4) is 0 Å². The molecule has 0 aliphatic carbocycles. The molecule has 18 heavy (non-hydrogen) atoms. The average Bonchev–Trinajstić information content (AvgIpc) is 2.27. The number of carbonyl (C=O) groups is 2. The van der Waals surface area contributed by atoms with Crippen molar-refractivity contribution in [3.63, 3.8) is 0 Å². The maximum Gasteiger partial charge on any atom is 0.310 e. The Kier molecular flexibility index (Phi) is 3.62. The first-order valence-corrected chi connectivity index (χ1v) is 5.89. The molecule has 1 heterocycles. The fourth-order valence-corrected chi connectivity index (χ4v) is 2.04. The molecule has 5 nitrogen and oxygen atoms in total. The van der Waals surface area contributed by atoms with Crippen molar-refractivity contribution in [3.05, 3.63) is 35.4 Å². The van der Waals surface area contributed by atoms with Gasteiger partial charge in [-0.2, -0.15) is 0 Å². The van der Waals surface area contributed by atoms with Crippen LogP contribution in [0.25, 0.3) is 0 Å². The van der Waals surface area contributed by atoms with Crippen molar-refractivity contribution in [2.75, 3.05) is 13.1 Å². The summed E-state index contributed by atoms with van der Waals surface area (Å²) < 4.78 is 0. The van der Waals surface area contributed by atoms with Gasteiger partial charge in [0.2, 0.25) is 5.91 Å². The normalized spacial score (nSPS) is 15.3. The van der Waals surface area contributed by atoms with E-state index in [4.69, 9.17) is 10.8 Å². The molecule has 0 radical (unpaired) electrons. The molecule has 0 unspecified atom stereocenters. The maximum atomic E-state index is 11.9. The molecule has 1 aromatic rings. The minimum Gasteiger partial charge on any atom is -0.481 e. The van der Waals surface area contributed by atoms with Gasteiger partial charge in [-0.05, 0) is 11.1 Å². The van der Waals surface area contributed by atoms with Crippen molar-refractivity contribution < 1.29 is 14.7 Å². The third kappa shape index (κ3) is 2.51. The van der Waals surface area contributed by atoms with Crippen LogP contribution in [0.3, 0.4) is 0 Å². The second-order valence-corrected chi connectivity index (χ2v) is 4.48. The zero-order valence-corrected chi connectivity index (χ0v) is 10.0. The predicted octanol–water partition coefficient (Wildman–Crippen LogP) is 0.231. The molecule has 0 aromatic heterocycles. The van der Waals surface area contributed by atoms with Gasteiger partial charge in [-0.15, -0.1) is 0 Å². The van der Waals surface area contributed by atoms with Crippen LogP contribution < -0.4 is 5.73 Å². The Morgan fingerprint density at radius 1 is 1.28 bits per heavy atom. The van der Waals surface area contributed by atoms with Crippen LogP contribution in [0.2, 0.25) is 0 Å². The summed E-state index contributed by atoms with van der Waals surface area (Å²) in [5.41, 5.74) is 7.49. The minimum atomic E-state index is -0.832. The largest absolute Gasteiger partial charge is 0.481 e. The molecule has 3 N–H and O–H groups in total. The van der Waals surface area contributed by atoms with Crippen LogP contribution in [0.1, 0.15) is 11.1 Å². The first-order chi connectivity index (χ1) is 8.61. The second kappa shape index (κ2) is 5.18. The topological polar surface area (TPSA) is 83.6 Å². The van der Waals surface area contributed by atoms with Gasteiger partial charge in [-0.1, -0.05) is 24.3 Å². The summed E-state index contributed by atoms with van der Waals surface area (Å²) in [4.78, 5) is 24.2. The maximum absolute atomic E-state index is 11.9. The number of nitrogens with zero attached hydrogens (tertiary/aromatic N) is 1. The SMILES string of the molecule is NCc1ccccc1CC(=O)N1CC(C(=O)O)C1. The van der Waals surface area contributed by atoms with Gasteiger partial charge in [-0.3, -0.25) is 9.59 Å². The molecule has 1 fully saturated rings. The van der Waals surface area contributed by atoms with Gasteiger partial charge < -0.3 is 15.7 Å². The van der Waals surface area contributed by atoms with Gasteiger partial charge in [0.25, 0.3) is 0 Å². The number of carboxylic acid groups (broad SMARTS) is 1. The lowest BCUT2D eigenvalue weighted by Gasteiger charge is -2.36. The van der Waals surface area contributed by atoms with Crippen LogP contribution in [0.15, 0.2) is 24.3 Å². The van der Waals surface area contributed by atoms with Crippen LogP contribution in [0.4, 0.5) is 0 Å². The Balaban J connectivity index is 1.94. The van der Waals surface area contributed by atoms with Gasteiger partial charge in [-0.25, -0.2) is 0 Å². The average molecular weight is 248 g/mol. The van der Waals surface area contributed by atoms with Gasteiger partial charge in [0.15, 0.2) is 0 Å². The number of likely N-dealkylation sites (tertiary alicyclic amines) is 1. The van der Waals surface area contributed by atoms with E-state index in [-0.39, 0.29) is 5.91 Å². The summed E-state index contributed by atoms with van der Waals surface area (Å²) >= 11 is 0. The van der Waals surface area contributed by atoms with E-state index in [1.807, 2.05) is 24.3 Å². The third-order valence-electron chi connectivity index (χ3n) is 3.26. The van der Waals surface area contributed by atoms with E-state index >= 15 is 0 Å². The van der Waals surface area contributed by atoms with Crippen LogP contribution in [-0.2, 0) is 22.6 Å². The number of hydrogen-bond donors (Lipinski definition) is 2. The fraction of sp³-hybridized carbons (Fsp3) is 0.385. The summed E-state index contributed by atoms with van der Waals surface area (Å²) in [6.45, 7) is 1.04. The highest BCUT2D eigenvalue weighted by molar-refractivity contribution is 5.82. The number of hydrogen-bond acceptors (Lipinski definition) is 3. The monoisotopic (exact) mass is 248 g/mol. The molecule has 96 valence electrons. The Morgan fingerprint density at radius 3 is 2.44 bits per heavy atom. The van der Waals surface area contributed by atoms with E-state index in [0.717, 1.165) is 11.1 Å². The van der Waals surface area contributed by atoms with Crippen molar-refractivity contribution >= 4 is 11.9 Å². The van der Waals surface area contributed by atoms with E-state index in [1.165, 1.54) is 0 Å². The molecule has 5 heteroatoms. The Labute approximate surface area is 105 Å². The number of rotatable bonds is 4. The number of nitrogens with two attached hydrogens (primary N) is 1. The van der Waals surface area contributed by atoms with Crippen molar-refractivity contribution in [1.29, 1.82) is 0 Å². The Hall–Kier alpha value is -1.88. The summed E-state index contributed by atoms with van der Waals surface area (Å²) in [6.07, 6.45) is 0.291. The van der Waals surface area contributed by atoms with E-state index in [9.17, 15) is 9.59 Å². The van der Waals surface area contributed by atoms with Gasteiger partial charge in [0.05, 0.1) is 12.3 Å². The highest BCUT2D eigenvalue weighted by Gasteiger charge is 2.35. The lowest BCUT2D eigenvalue weighted by Crippen LogP contribution is -2.53. The molecule has 1 aromatic carbocycles. The van der Waals surface area contributed by atoms with Gasteiger partial charge in [0.1, 0.15) is 0 Å². The lowest BCUT2D eigenvalue weighted by atomic mass is 9.98. The quantitative estimate of drug-likeness (QED) is 0.799. The third-order valence-corrected chi connectivity index (χ3v) is 3.26.